The second-order valence-corrected chi connectivity index (χ2v) is 6.03. The van der Waals surface area contributed by atoms with Crippen molar-refractivity contribution in [3.63, 3.8) is 0 Å². The van der Waals surface area contributed by atoms with Crippen LogP contribution in [0.1, 0.15) is 16.7 Å². The molecule has 0 unspecified atom stereocenters. The Morgan fingerprint density at radius 3 is 2.26 bits per heavy atom. The topological polar surface area (TPSA) is 41.6 Å². The van der Waals surface area contributed by atoms with E-state index in [-0.39, 0.29) is 25.8 Å². The number of carbonyl (C=O) groups is 1. The third-order valence-electron chi connectivity index (χ3n) is 3.81. The first-order chi connectivity index (χ1) is 10.7. The molecule has 0 saturated carbocycles. The Hall–Kier alpha value is -1.60. The molecule has 128 valence electrons. The molecule has 0 radical (unpaired) electrons. The van der Waals surface area contributed by atoms with E-state index in [1.165, 1.54) is 0 Å². The fourth-order valence-electron chi connectivity index (χ4n) is 2.72. The maximum Gasteiger partial charge on any atom is 0.401 e. The normalized spacial score (nSPS) is 15.6. The number of benzene rings is 1. The highest BCUT2D eigenvalue weighted by molar-refractivity contribution is 5.93. The molecule has 0 aromatic heterocycles. The molecule has 1 aliphatic heterocycles. The first kappa shape index (κ1) is 17.7. The van der Waals surface area contributed by atoms with Gasteiger partial charge in [-0.05, 0) is 31.9 Å². The standard InChI is InChI=1S/C16H21F3N2O2/c1-10-4-11(2)15(12(3)5-10)20-14(22)6-21(9-16(17,18)19)13-7-23-8-13/h4-5,13H,6-9H2,1-3H3,(H,20,22). The summed E-state index contributed by atoms with van der Waals surface area (Å²) in [6.07, 6.45) is -4.34. The lowest BCUT2D eigenvalue weighted by Gasteiger charge is -2.37. The van der Waals surface area contributed by atoms with Gasteiger partial charge >= 0.3 is 6.18 Å². The third kappa shape index (κ3) is 4.94. The first-order valence-corrected chi connectivity index (χ1v) is 7.42. The van der Waals surface area contributed by atoms with Gasteiger partial charge < -0.3 is 10.1 Å². The van der Waals surface area contributed by atoms with Gasteiger partial charge in [0.15, 0.2) is 0 Å². The largest absolute Gasteiger partial charge is 0.401 e. The Balaban J connectivity index is 2.04. The van der Waals surface area contributed by atoms with Crippen LogP contribution in [0.5, 0.6) is 0 Å². The fraction of sp³-hybridized carbons (Fsp3) is 0.562. The van der Waals surface area contributed by atoms with Crippen molar-refractivity contribution in [3.05, 3.63) is 28.8 Å². The number of anilines is 1. The summed E-state index contributed by atoms with van der Waals surface area (Å²) >= 11 is 0. The number of halogens is 3. The molecule has 1 amide bonds. The number of nitrogens with zero attached hydrogens (tertiary/aromatic N) is 1. The van der Waals surface area contributed by atoms with Crippen LogP contribution in [-0.2, 0) is 9.53 Å². The van der Waals surface area contributed by atoms with E-state index >= 15 is 0 Å². The summed E-state index contributed by atoms with van der Waals surface area (Å²) in [6, 6.07) is 3.49. The molecule has 1 saturated heterocycles. The number of carbonyl (C=O) groups excluding carboxylic acids is 1. The monoisotopic (exact) mass is 330 g/mol. The Labute approximate surface area is 133 Å². The average molecular weight is 330 g/mol. The molecule has 0 bridgehead atoms. The number of alkyl halides is 3. The van der Waals surface area contributed by atoms with Crippen molar-refractivity contribution in [1.29, 1.82) is 0 Å². The quantitative estimate of drug-likeness (QED) is 0.903. The van der Waals surface area contributed by atoms with Gasteiger partial charge in [0.25, 0.3) is 0 Å². The molecular weight excluding hydrogens is 309 g/mol. The predicted molar refractivity (Wildman–Crippen MR) is 81.5 cm³/mol. The molecule has 23 heavy (non-hydrogen) atoms. The van der Waals surface area contributed by atoms with E-state index in [2.05, 4.69) is 5.32 Å². The lowest BCUT2D eigenvalue weighted by molar-refractivity contribution is -0.170. The van der Waals surface area contributed by atoms with Crippen LogP contribution < -0.4 is 5.32 Å². The zero-order valence-corrected chi connectivity index (χ0v) is 13.5. The molecule has 1 aromatic carbocycles. The summed E-state index contributed by atoms with van der Waals surface area (Å²) in [7, 11) is 0. The number of nitrogens with one attached hydrogen (secondary N) is 1. The number of ether oxygens (including phenoxy) is 1. The number of rotatable bonds is 5. The van der Waals surface area contributed by atoms with Gasteiger partial charge in [0.05, 0.1) is 32.3 Å². The average Bonchev–Trinajstić information content (AvgIpc) is 2.29. The van der Waals surface area contributed by atoms with Crippen LogP contribution >= 0.6 is 0 Å². The van der Waals surface area contributed by atoms with E-state index in [0.29, 0.717) is 5.69 Å². The van der Waals surface area contributed by atoms with Crippen LogP contribution in [0.3, 0.4) is 0 Å². The van der Waals surface area contributed by atoms with Gasteiger partial charge in [-0.3, -0.25) is 9.69 Å². The lowest BCUT2D eigenvalue weighted by atomic mass is 10.1. The van der Waals surface area contributed by atoms with Crippen LogP contribution in [0.15, 0.2) is 12.1 Å². The maximum atomic E-state index is 12.7. The molecule has 2 rings (SSSR count). The maximum absolute atomic E-state index is 12.7. The van der Waals surface area contributed by atoms with Crippen molar-refractivity contribution < 1.29 is 22.7 Å². The van der Waals surface area contributed by atoms with Gasteiger partial charge in [-0.1, -0.05) is 17.7 Å². The minimum absolute atomic E-state index is 0.228. The highest BCUT2D eigenvalue weighted by Gasteiger charge is 2.37. The molecule has 1 N–H and O–H groups in total. The molecule has 1 heterocycles. The number of aryl methyl sites for hydroxylation is 3. The second-order valence-electron chi connectivity index (χ2n) is 6.03. The lowest BCUT2D eigenvalue weighted by Crippen LogP contribution is -2.54. The Kier molecular flexibility index (Phi) is 5.31. The highest BCUT2D eigenvalue weighted by Crippen LogP contribution is 2.23. The Morgan fingerprint density at radius 2 is 1.83 bits per heavy atom. The minimum Gasteiger partial charge on any atom is -0.378 e. The molecule has 0 aliphatic carbocycles. The molecule has 0 atom stereocenters. The molecule has 4 nitrogen and oxygen atoms in total. The molecule has 1 fully saturated rings. The fourth-order valence-corrected chi connectivity index (χ4v) is 2.72. The Bertz CT molecular complexity index is 560. The zero-order chi connectivity index (χ0) is 17.2. The second kappa shape index (κ2) is 6.88. The van der Waals surface area contributed by atoms with Crippen molar-refractivity contribution in [2.24, 2.45) is 0 Å². The van der Waals surface area contributed by atoms with E-state index in [1.807, 2.05) is 32.9 Å². The summed E-state index contributed by atoms with van der Waals surface area (Å²) in [6.45, 7) is 4.72. The van der Waals surface area contributed by atoms with Crippen molar-refractivity contribution >= 4 is 11.6 Å². The van der Waals surface area contributed by atoms with Gasteiger partial charge in [0.2, 0.25) is 5.91 Å². The molecular formula is C16H21F3N2O2. The molecule has 1 aliphatic rings. The van der Waals surface area contributed by atoms with E-state index in [4.69, 9.17) is 4.74 Å². The van der Waals surface area contributed by atoms with Crippen LogP contribution in [0.2, 0.25) is 0 Å². The van der Waals surface area contributed by atoms with E-state index in [1.54, 1.807) is 0 Å². The van der Waals surface area contributed by atoms with Crippen LogP contribution in [-0.4, -0.2) is 49.3 Å². The summed E-state index contributed by atoms with van der Waals surface area (Å²) in [5, 5.41) is 2.74. The number of hydrogen-bond acceptors (Lipinski definition) is 3. The van der Waals surface area contributed by atoms with Crippen molar-refractivity contribution in [2.75, 3.05) is 31.6 Å². The van der Waals surface area contributed by atoms with Gasteiger partial charge in [-0.15, -0.1) is 0 Å². The van der Waals surface area contributed by atoms with Crippen LogP contribution in [0.4, 0.5) is 18.9 Å². The van der Waals surface area contributed by atoms with Gasteiger partial charge in [0.1, 0.15) is 0 Å². The smallest absolute Gasteiger partial charge is 0.378 e. The summed E-state index contributed by atoms with van der Waals surface area (Å²) in [5.41, 5.74) is 3.52. The van der Waals surface area contributed by atoms with Crippen molar-refractivity contribution in [1.82, 2.24) is 4.90 Å². The first-order valence-electron chi connectivity index (χ1n) is 7.42. The SMILES string of the molecule is Cc1cc(C)c(NC(=O)CN(CC(F)(F)F)C2COC2)c(C)c1. The van der Waals surface area contributed by atoms with Gasteiger partial charge in [0, 0.05) is 5.69 Å². The molecule has 7 heteroatoms. The summed E-state index contributed by atoms with van der Waals surface area (Å²) < 4.78 is 42.9. The summed E-state index contributed by atoms with van der Waals surface area (Å²) in [5.74, 6) is -0.448. The van der Waals surface area contributed by atoms with Crippen molar-refractivity contribution in [2.45, 2.75) is 33.0 Å². The van der Waals surface area contributed by atoms with Crippen LogP contribution in [0, 0.1) is 20.8 Å². The number of amides is 1. The number of hydrogen-bond donors (Lipinski definition) is 1. The Morgan fingerprint density at radius 1 is 1.26 bits per heavy atom. The third-order valence-corrected chi connectivity index (χ3v) is 3.81. The highest BCUT2D eigenvalue weighted by atomic mass is 19.4. The van der Waals surface area contributed by atoms with E-state index in [0.717, 1.165) is 21.6 Å². The van der Waals surface area contributed by atoms with E-state index in [9.17, 15) is 18.0 Å². The van der Waals surface area contributed by atoms with E-state index < -0.39 is 18.6 Å². The molecule has 1 aromatic rings. The zero-order valence-electron chi connectivity index (χ0n) is 13.5. The minimum atomic E-state index is -4.34. The van der Waals surface area contributed by atoms with Crippen molar-refractivity contribution in [3.8, 4) is 0 Å². The van der Waals surface area contributed by atoms with Crippen LogP contribution in [0.25, 0.3) is 0 Å². The van der Waals surface area contributed by atoms with Gasteiger partial charge in [-0.2, -0.15) is 13.2 Å². The molecule has 0 spiro atoms. The van der Waals surface area contributed by atoms with Gasteiger partial charge in [-0.25, -0.2) is 0 Å². The summed E-state index contributed by atoms with van der Waals surface area (Å²) in [4.78, 5) is 13.3. The predicted octanol–water partition coefficient (Wildman–Crippen LogP) is 2.81.